The van der Waals surface area contributed by atoms with Crippen molar-refractivity contribution in [1.82, 2.24) is 19.9 Å². The summed E-state index contributed by atoms with van der Waals surface area (Å²) in [6, 6.07) is 7.78. The van der Waals surface area contributed by atoms with Crippen molar-refractivity contribution in [1.29, 1.82) is 0 Å². The number of benzene rings is 1. The number of halogens is 1. The minimum atomic E-state index is -0.337. The van der Waals surface area contributed by atoms with E-state index < -0.39 is 0 Å². The van der Waals surface area contributed by atoms with Crippen molar-refractivity contribution in [3.05, 3.63) is 54.4 Å². The Kier molecular flexibility index (Phi) is 3.58. The van der Waals surface area contributed by atoms with Gasteiger partial charge in [-0.1, -0.05) is 0 Å². The van der Waals surface area contributed by atoms with Crippen molar-refractivity contribution >= 4 is 16.9 Å². The highest BCUT2D eigenvalue weighted by molar-refractivity contribution is 5.79. The molecule has 0 fully saturated rings. The summed E-state index contributed by atoms with van der Waals surface area (Å²) in [5.74, 6) is 0.142. The van der Waals surface area contributed by atoms with Gasteiger partial charge in [-0.05, 0) is 31.2 Å². The third kappa shape index (κ3) is 2.55. The first kappa shape index (κ1) is 14.2. The van der Waals surface area contributed by atoms with Gasteiger partial charge in [-0.3, -0.25) is 14.3 Å². The van der Waals surface area contributed by atoms with Crippen LogP contribution in [-0.4, -0.2) is 20.4 Å². The molecule has 3 rings (SSSR count). The molecule has 0 bridgehead atoms. The second kappa shape index (κ2) is 5.55. The fraction of sp³-hybridized carbons (Fsp3) is 0.188. The zero-order valence-corrected chi connectivity index (χ0v) is 12.2. The molecule has 1 atom stereocenters. The van der Waals surface area contributed by atoms with Crippen molar-refractivity contribution < 1.29 is 9.18 Å². The molecular formula is C16H15FN4O. The van der Waals surface area contributed by atoms with Crippen LogP contribution in [0.25, 0.3) is 16.7 Å². The van der Waals surface area contributed by atoms with Crippen LogP contribution in [0.15, 0.2) is 42.7 Å². The van der Waals surface area contributed by atoms with Gasteiger partial charge >= 0.3 is 0 Å². The Morgan fingerprint density at radius 1 is 1.36 bits per heavy atom. The van der Waals surface area contributed by atoms with Gasteiger partial charge in [0.05, 0.1) is 29.0 Å². The second-order valence-electron chi connectivity index (χ2n) is 5.07. The second-order valence-corrected chi connectivity index (χ2v) is 5.07. The maximum absolute atomic E-state index is 13.6. The van der Waals surface area contributed by atoms with E-state index >= 15 is 0 Å². The van der Waals surface area contributed by atoms with Crippen molar-refractivity contribution in [3.63, 3.8) is 0 Å². The van der Waals surface area contributed by atoms with Gasteiger partial charge < -0.3 is 5.32 Å². The van der Waals surface area contributed by atoms with Crippen LogP contribution in [0, 0.1) is 5.82 Å². The quantitative estimate of drug-likeness (QED) is 0.809. The van der Waals surface area contributed by atoms with Gasteiger partial charge in [0.15, 0.2) is 0 Å². The van der Waals surface area contributed by atoms with E-state index in [1.54, 1.807) is 24.5 Å². The van der Waals surface area contributed by atoms with Crippen LogP contribution < -0.4 is 5.32 Å². The zero-order valence-electron chi connectivity index (χ0n) is 12.2. The number of nitrogens with one attached hydrogen (secondary N) is 1. The Morgan fingerprint density at radius 3 is 2.86 bits per heavy atom. The van der Waals surface area contributed by atoms with Crippen LogP contribution in [0.3, 0.4) is 0 Å². The molecule has 5 nitrogen and oxygen atoms in total. The van der Waals surface area contributed by atoms with Gasteiger partial charge in [0.25, 0.3) is 0 Å². The molecule has 0 aliphatic carbocycles. The van der Waals surface area contributed by atoms with Crippen LogP contribution in [0.5, 0.6) is 0 Å². The van der Waals surface area contributed by atoms with Gasteiger partial charge in [0, 0.05) is 19.2 Å². The average Bonchev–Trinajstić information content (AvgIpc) is 2.86. The normalized spacial score (nSPS) is 12.3. The molecule has 0 saturated heterocycles. The topological polar surface area (TPSA) is 59.8 Å². The standard InChI is InChI=1S/C16H15FN4O/c1-10(19-11(2)22)16-20-14-6-5-12(17)8-15(14)21(16)13-4-3-7-18-9-13/h3-10H,1-2H3,(H,19,22)/t10-/m0/s1. The van der Waals surface area contributed by atoms with Gasteiger partial charge in [-0.15, -0.1) is 0 Å². The Morgan fingerprint density at radius 2 is 2.18 bits per heavy atom. The fourth-order valence-corrected chi connectivity index (χ4v) is 2.48. The Bertz CT molecular complexity index is 829. The monoisotopic (exact) mass is 298 g/mol. The average molecular weight is 298 g/mol. The van der Waals surface area contributed by atoms with Gasteiger partial charge in [0.2, 0.25) is 5.91 Å². The summed E-state index contributed by atoms with van der Waals surface area (Å²) in [6.07, 6.45) is 3.34. The maximum Gasteiger partial charge on any atom is 0.217 e. The number of pyridine rings is 1. The number of rotatable bonds is 3. The predicted molar refractivity (Wildman–Crippen MR) is 81.1 cm³/mol. The lowest BCUT2D eigenvalue weighted by atomic mass is 10.2. The summed E-state index contributed by atoms with van der Waals surface area (Å²) in [7, 11) is 0. The number of nitrogens with zero attached hydrogens (tertiary/aromatic N) is 3. The summed E-state index contributed by atoms with van der Waals surface area (Å²) in [4.78, 5) is 20.0. The van der Waals surface area contributed by atoms with Crippen LogP contribution in [0.2, 0.25) is 0 Å². The smallest absolute Gasteiger partial charge is 0.217 e. The molecule has 0 aliphatic rings. The molecule has 6 heteroatoms. The summed E-state index contributed by atoms with van der Waals surface area (Å²) in [5, 5.41) is 2.81. The molecule has 112 valence electrons. The highest BCUT2D eigenvalue weighted by atomic mass is 19.1. The molecule has 2 heterocycles. The SMILES string of the molecule is CC(=O)N[C@@H](C)c1nc2ccc(F)cc2n1-c1cccnc1. The molecule has 0 unspecified atom stereocenters. The molecular weight excluding hydrogens is 283 g/mol. The third-order valence-electron chi connectivity index (χ3n) is 3.35. The van der Waals surface area contributed by atoms with E-state index in [0.717, 1.165) is 5.69 Å². The lowest BCUT2D eigenvalue weighted by Crippen LogP contribution is -2.26. The molecule has 0 aliphatic heterocycles. The van der Waals surface area contributed by atoms with Crippen LogP contribution in [-0.2, 0) is 4.79 Å². The first-order valence-corrected chi connectivity index (χ1v) is 6.91. The van der Waals surface area contributed by atoms with E-state index in [0.29, 0.717) is 16.9 Å². The first-order valence-electron chi connectivity index (χ1n) is 6.91. The summed E-state index contributed by atoms with van der Waals surface area (Å²) < 4.78 is 15.4. The van der Waals surface area contributed by atoms with E-state index in [4.69, 9.17) is 0 Å². The summed E-state index contributed by atoms with van der Waals surface area (Å²) in [5.41, 5.74) is 2.07. The predicted octanol–water partition coefficient (Wildman–Crippen LogP) is 2.76. The van der Waals surface area contributed by atoms with E-state index in [-0.39, 0.29) is 17.8 Å². The fourth-order valence-electron chi connectivity index (χ4n) is 2.48. The lowest BCUT2D eigenvalue weighted by molar-refractivity contribution is -0.119. The van der Waals surface area contributed by atoms with Gasteiger partial charge in [-0.2, -0.15) is 0 Å². The molecule has 1 aromatic carbocycles. The van der Waals surface area contributed by atoms with E-state index in [1.807, 2.05) is 17.6 Å². The number of amides is 1. The van der Waals surface area contributed by atoms with Crippen molar-refractivity contribution in [3.8, 4) is 5.69 Å². The van der Waals surface area contributed by atoms with Crippen molar-refractivity contribution in [2.75, 3.05) is 0 Å². The number of fused-ring (bicyclic) bond motifs is 1. The van der Waals surface area contributed by atoms with Crippen LogP contribution in [0.4, 0.5) is 4.39 Å². The molecule has 2 aromatic heterocycles. The van der Waals surface area contributed by atoms with Gasteiger partial charge in [0.1, 0.15) is 11.6 Å². The molecule has 0 radical (unpaired) electrons. The van der Waals surface area contributed by atoms with Crippen molar-refractivity contribution in [2.24, 2.45) is 0 Å². The summed E-state index contributed by atoms with van der Waals surface area (Å²) >= 11 is 0. The minimum absolute atomic E-state index is 0.150. The highest BCUT2D eigenvalue weighted by Gasteiger charge is 2.19. The summed E-state index contributed by atoms with van der Waals surface area (Å²) in [6.45, 7) is 3.29. The van der Waals surface area contributed by atoms with Gasteiger partial charge in [-0.25, -0.2) is 9.37 Å². The number of hydrogen-bond acceptors (Lipinski definition) is 3. The molecule has 0 saturated carbocycles. The molecule has 0 spiro atoms. The molecule has 1 N–H and O–H groups in total. The van der Waals surface area contributed by atoms with Crippen LogP contribution >= 0.6 is 0 Å². The van der Waals surface area contributed by atoms with Crippen LogP contribution in [0.1, 0.15) is 25.7 Å². The number of imidazole rings is 1. The Labute approximate surface area is 126 Å². The molecule has 3 aromatic rings. The Balaban J connectivity index is 2.25. The third-order valence-corrected chi connectivity index (χ3v) is 3.35. The van der Waals surface area contributed by atoms with Crippen molar-refractivity contribution in [2.45, 2.75) is 19.9 Å². The zero-order chi connectivity index (χ0) is 15.7. The largest absolute Gasteiger partial charge is 0.347 e. The van der Waals surface area contributed by atoms with E-state index in [2.05, 4.69) is 15.3 Å². The molecule has 1 amide bonds. The Hall–Kier alpha value is -2.76. The number of carbonyl (C=O) groups excluding carboxylic acids is 1. The number of carbonyl (C=O) groups is 1. The van der Waals surface area contributed by atoms with E-state index in [1.165, 1.54) is 19.1 Å². The maximum atomic E-state index is 13.6. The first-order chi connectivity index (χ1) is 10.6. The number of hydrogen-bond donors (Lipinski definition) is 1. The lowest BCUT2D eigenvalue weighted by Gasteiger charge is -2.15. The number of aromatic nitrogens is 3. The highest BCUT2D eigenvalue weighted by Crippen LogP contribution is 2.25. The minimum Gasteiger partial charge on any atom is -0.347 e. The molecule has 22 heavy (non-hydrogen) atoms. The van der Waals surface area contributed by atoms with E-state index in [9.17, 15) is 9.18 Å².